The standard InChI is InChI=1S/C27H33F3N4O/c1-5-6-7-8-17-35-22-15-13-20(14-16-22)32-24-23(27(28,29)30)18-31-25(34-24)33-21-11-9-19(10-12-21)26(2,3)4/h9-16,18H,5-8,17H2,1-4H3,(H2,31,32,33,34). The van der Waals surface area contributed by atoms with E-state index in [4.69, 9.17) is 4.74 Å². The van der Waals surface area contributed by atoms with Gasteiger partial charge in [-0.05, 0) is 53.8 Å². The van der Waals surface area contributed by atoms with Gasteiger partial charge in [0.05, 0.1) is 6.61 Å². The summed E-state index contributed by atoms with van der Waals surface area (Å²) in [7, 11) is 0. The Kier molecular flexibility index (Phi) is 8.59. The Morgan fingerprint density at radius 2 is 1.46 bits per heavy atom. The Bertz CT molecular complexity index is 1080. The second-order valence-corrected chi connectivity index (χ2v) is 9.46. The van der Waals surface area contributed by atoms with Crippen molar-refractivity contribution in [3.63, 3.8) is 0 Å². The first-order chi connectivity index (χ1) is 16.6. The normalized spacial score (nSPS) is 11.9. The van der Waals surface area contributed by atoms with Crippen molar-refractivity contribution in [2.24, 2.45) is 0 Å². The Morgan fingerprint density at radius 3 is 2.06 bits per heavy atom. The predicted molar refractivity (Wildman–Crippen MR) is 135 cm³/mol. The van der Waals surface area contributed by atoms with E-state index in [1.165, 1.54) is 6.42 Å². The van der Waals surface area contributed by atoms with Crippen LogP contribution in [0.5, 0.6) is 5.75 Å². The molecule has 1 aromatic heterocycles. The van der Waals surface area contributed by atoms with Gasteiger partial charge in [-0.1, -0.05) is 59.1 Å². The van der Waals surface area contributed by atoms with E-state index in [2.05, 4.69) is 48.3 Å². The zero-order valence-corrected chi connectivity index (χ0v) is 20.7. The smallest absolute Gasteiger partial charge is 0.421 e. The van der Waals surface area contributed by atoms with Crippen LogP contribution in [-0.2, 0) is 11.6 Å². The largest absolute Gasteiger partial charge is 0.494 e. The van der Waals surface area contributed by atoms with Crippen LogP contribution in [0.4, 0.5) is 36.3 Å². The van der Waals surface area contributed by atoms with Gasteiger partial charge >= 0.3 is 6.18 Å². The number of anilines is 4. The molecule has 0 unspecified atom stereocenters. The summed E-state index contributed by atoms with van der Waals surface area (Å²) < 4.78 is 46.5. The second kappa shape index (κ2) is 11.4. The molecule has 0 saturated carbocycles. The van der Waals surface area contributed by atoms with Crippen LogP contribution in [0.15, 0.2) is 54.7 Å². The predicted octanol–water partition coefficient (Wildman–Crippen LogP) is 8.24. The molecular weight excluding hydrogens is 453 g/mol. The van der Waals surface area contributed by atoms with Crippen LogP contribution < -0.4 is 15.4 Å². The van der Waals surface area contributed by atoms with Gasteiger partial charge in [0.1, 0.15) is 17.1 Å². The van der Waals surface area contributed by atoms with Gasteiger partial charge in [-0.3, -0.25) is 0 Å². The topological polar surface area (TPSA) is 59.1 Å². The molecule has 188 valence electrons. The molecule has 3 aromatic rings. The number of unbranched alkanes of at least 4 members (excludes halogenated alkanes) is 3. The van der Waals surface area contributed by atoms with E-state index >= 15 is 0 Å². The highest BCUT2D eigenvalue weighted by atomic mass is 19.4. The fourth-order valence-corrected chi connectivity index (χ4v) is 3.42. The lowest BCUT2D eigenvalue weighted by Gasteiger charge is -2.19. The average molecular weight is 487 g/mol. The van der Waals surface area contributed by atoms with Crippen LogP contribution in [0.25, 0.3) is 0 Å². The number of nitrogens with zero attached hydrogens (tertiary/aromatic N) is 2. The molecule has 0 radical (unpaired) electrons. The van der Waals surface area contributed by atoms with E-state index < -0.39 is 11.7 Å². The van der Waals surface area contributed by atoms with Crippen molar-refractivity contribution in [3.8, 4) is 5.75 Å². The molecule has 0 saturated heterocycles. The molecule has 0 aliphatic heterocycles. The number of aromatic nitrogens is 2. The SMILES string of the molecule is CCCCCCOc1ccc(Nc2nc(Nc3ccc(C(C)(C)C)cc3)ncc2C(F)(F)F)cc1. The molecule has 0 bridgehead atoms. The molecule has 0 atom stereocenters. The van der Waals surface area contributed by atoms with Crippen molar-refractivity contribution < 1.29 is 17.9 Å². The Balaban J connectivity index is 1.73. The number of alkyl halides is 3. The van der Waals surface area contributed by atoms with E-state index in [9.17, 15) is 13.2 Å². The molecular formula is C27H33F3N4O. The Hall–Kier alpha value is -3.29. The third kappa shape index (κ3) is 7.87. The molecule has 0 amide bonds. The Labute approximate surface area is 205 Å². The lowest BCUT2D eigenvalue weighted by molar-refractivity contribution is -0.137. The minimum atomic E-state index is -4.60. The van der Waals surface area contributed by atoms with Crippen molar-refractivity contribution in [2.75, 3.05) is 17.2 Å². The van der Waals surface area contributed by atoms with Gasteiger partial charge in [0.15, 0.2) is 0 Å². The lowest BCUT2D eigenvalue weighted by Crippen LogP contribution is -2.13. The van der Waals surface area contributed by atoms with Crippen LogP contribution in [0.1, 0.15) is 64.5 Å². The molecule has 5 nitrogen and oxygen atoms in total. The molecule has 0 fully saturated rings. The number of ether oxygens (including phenoxy) is 1. The summed E-state index contributed by atoms with van der Waals surface area (Å²) in [6.07, 6.45) is 0.598. The maximum Gasteiger partial charge on any atom is 0.421 e. The summed E-state index contributed by atoms with van der Waals surface area (Å²) in [4.78, 5) is 8.00. The van der Waals surface area contributed by atoms with E-state index in [1.54, 1.807) is 24.3 Å². The van der Waals surface area contributed by atoms with Crippen molar-refractivity contribution in [1.82, 2.24) is 9.97 Å². The summed E-state index contributed by atoms with van der Waals surface area (Å²) in [5, 5.41) is 5.76. The zero-order valence-electron chi connectivity index (χ0n) is 20.7. The summed E-state index contributed by atoms with van der Waals surface area (Å²) in [6, 6.07) is 14.5. The third-order valence-electron chi connectivity index (χ3n) is 5.48. The average Bonchev–Trinajstić information content (AvgIpc) is 2.79. The molecule has 2 N–H and O–H groups in total. The number of halogens is 3. The van der Waals surface area contributed by atoms with Gasteiger partial charge in [-0.2, -0.15) is 18.2 Å². The Morgan fingerprint density at radius 1 is 0.829 bits per heavy atom. The highest BCUT2D eigenvalue weighted by Gasteiger charge is 2.35. The molecule has 0 aliphatic carbocycles. The molecule has 0 aliphatic rings. The molecule has 8 heteroatoms. The lowest BCUT2D eigenvalue weighted by atomic mass is 9.87. The van der Waals surface area contributed by atoms with Gasteiger partial charge in [0.2, 0.25) is 5.95 Å². The fourth-order valence-electron chi connectivity index (χ4n) is 3.42. The van der Waals surface area contributed by atoms with Gasteiger partial charge in [0.25, 0.3) is 0 Å². The molecule has 3 rings (SSSR count). The summed E-state index contributed by atoms with van der Waals surface area (Å²) in [5.41, 5.74) is 1.35. The van der Waals surface area contributed by atoms with E-state index in [0.717, 1.165) is 31.0 Å². The quantitative estimate of drug-likeness (QED) is 0.283. The number of benzene rings is 2. The monoisotopic (exact) mass is 486 g/mol. The summed E-state index contributed by atoms with van der Waals surface area (Å²) >= 11 is 0. The highest BCUT2D eigenvalue weighted by molar-refractivity contribution is 5.63. The van der Waals surface area contributed by atoms with E-state index in [-0.39, 0.29) is 17.2 Å². The minimum Gasteiger partial charge on any atom is -0.494 e. The summed E-state index contributed by atoms with van der Waals surface area (Å²) in [5.74, 6) is 0.414. The van der Waals surface area contributed by atoms with Gasteiger partial charge in [-0.15, -0.1) is 0 Å². The first-order valence-corrected chi connectivity index (χ1v) is 11.9. The van der Waals surface area contributed by atoms with Crippen LogP contribution >= 0.6 is 0 Å². The van der Waals surface area contributed by atoms with Crippen molar-refractivity contribution >= 4 is 23.1 Å². The van der Waals surface area contributed by atoms with E-state index in [1.807, 2.05) is 24.3 Å². The zero-order chi connectivity index (χ0) is 25.5. The first-order valence-electron chi connectivity index (χ1n) is 11.9. The van der Waals surface area contributed by atoms with Crippen molar-refractivity contribution in [3.05, 3.63) is 65.9 Å². The van der Waals surface area contributed by atoms with Gasteiger partial charge in [0, 0.05) is 17.6 Å². The molecule has 1 heterocycles. The molecule has 2 aromatic carbocycles. The first kappa shape index (κ1) is 26.3. The summed E-state index contributed by atoms with van der Waals surface area (Å²) in [6.45, 7) is 9.09. The number of rotatable bonds is 10. The molecule has 0 spiro atoms. The maximum atomic E-state index is 13.6. The van der Waals surface area contributed by atoms with Gasteiger partial charge in [-0.25, -0.2) is 4.98 Å². The van der Waals surface area contributed by atoms with Crippen LogP contribution in [-0.4, -0.2) is 16.6 Å². The third-order valence-corrected chi connectivity index (χ3v) is 5.48. The van der Waals surface area contributed by atoms with Crippen LogP contribution in [0.2, 0.25) is 0 Å². The number of hydrogen-bond donors (Lipinski definition) is 2. The van der Waals surface area contributed by atoms with Crippen molar-refractivity contribution in [2.45, 2.75) is 65.0 Å². The van der Waals surface area contributed by atoms with Crippen LogP contribution in [0, 0.1) is 0 Å². The van der Waals surface area contributed by atoms with Crippen LogP contribution in [0.3, 0.4) is 0 Å². The fraction of sp³-hybridized carbons (Fsp3) is 0.407. The van der Waals surface area contributed by atoms with Gasteiger partial charge < -0.3 is 15.4 Å². The minimum absolute atomic E-state index is 0.00385. The van der Waals surface area contributed by atoms with Crippen molar-refractivity contribution in [1.29, 1.82) is 0 Å². The maximum absolute atomic E-state index is 13.6. The highest BCUT2D eigenvalue weighted by Crippen LogP contribution is 2.35. The number of hydrogen-bond acceptors (Lipinski definition) is 5. The number of nitrogens with one attached hydrogen (secondary N) is 2. The molecule has 35 heavy (non-hydrogen) atoms. The van der Waals surface area contributed by atoms with E-state index in [0.29, 0.717) is 23.7 Å². The second-order valence-electron chi connectivity index (χ2n) is 9.46.